The third-order valence-corrected chi connectivity index (χ3v) is 3.19. The molecule has 0 aromatic heterocycles. The Hall–Kier alpha value is -1.27. The first-order valence-electron chi connectivity index (χ1n) is 5.88. The van der Waals surface area contributed by atoms with Crippen molar-refractivity contribution in [2.24, 2.45) is 5.92 Å². The van der Waals surface area contributed by atoms with Gasteiger partial charge in [0.05, 0.1) is 11.5 Å². The molecule has 1 rings (SSSR count). The van der Waals surface area contributed by atoms with Gasteiger partial charge in [0.1, 0.15) is 0 Å². The third-order valence-electron chi connectivity index (χ3n) is 2.82. The highest BCUT2D eigenvalue weighted by molar-refractivity contribution is 6.31. The van der Waals surface area contributed by atoms with Crippen LogP contribution in [0.15, 0.2) is 18.2 Å². The van der Waals surface area contributed by atoms with Crippen LogP contribution in [0.25, 0.3) is 0 Å². The maximum atomic E-state index is 12.6. The molecule has 3 nitrogen and oxygen atoms in total. The fourth-order valence-corrected chi connectivity index (χ4v) is 1.95. The van der Waals surface area contributed by atoms with Crippen molar-refractivity contribution in [2.75, 3.05) is 13.6 Å². The first kappa shape index (κ1) is 16.8. The van der Waals surface area contributed by atoms with Crippen LogP contribution < -0.4 is 0 Å². The summed E-state index contributed by atoms with van der Waals surface area (Å²) in [5.74, 6) is -1.56. The van der Waals surface area contributed by atoms with Crippen LogP contribution in [0.1, 0.15) is 18.1 Å². The topological polar surface area (TPSA) is 40.5 Å². The molecule has 1 unspecified atom stereocenters. The zero-order valence-corrected chi connectivity index (χ0v) is 11.8. The summed E-state index contributed by atoms with van der Waals surface area (Å²) >= 11 is 5.88. The van der Waals surface area contributed by atoms with Gasteiger partial charge in [-0.1, -0.05) is 18.5 Å². The highest BCUT2D eigenvalue weighted by atomic mass is 35.5. The van der Waals surface area contributed by atoms with E-state index in [1.807, 2.05) is 0 Å². The summed E-state index contributed by atoms with van der Waals surface area (Å²) in [6.07, 6.45) is -4.42. The fourth-order valence-electron chi connectivity index (χ4n) is 1.77. The lowest BCUT2D eigenvalue weighted by Gasteiger charge is -2.20. The van der Waals surface area contributed by atoms with Crippen LogP contribution in [-0.2, 0) is 17.5 Å². The van der Waals surface area contributed by atoms with Gasteiger partial charge in [0.25, 0.3) is 0 Å². The maximum Gasteiger partial charge on any atom is 0.416 e. The van der Waals surface area contributed by atoms with Crippen LogP contribution in [-0.4, -0.2) is 29.6 Å². The number of rotatable bonds is 5. The van der Waals surface area contributed by atoms with Gasteiger partial charge >= 0.3 is 12.1 Å². The molecule has 1 N–H and O–H groups in total. The first-order chi connectivity index (χ1) is 9.11. The summed E-state index contributed by atoms with van der Waals surface area (Å²) in [7, 11) is 1.63. The van der Waals surface area contributed by atoms with Gasteiger partial charge < -0.3 is 10.0 Å². The van der Waals surface area contributed by atoms with Gasteiger partial charge in [0.2, 0.25) is 0 Å². The number of hydrogen-bond donors (Lipinski definition) is 1. The molecule has 0 radical (unpaired) electrons. The van der Waals surface area contributed by atoms with Crippen LogP contribution in [0.4, 0.5) is 13.2 Å². The van der Waals surface area contributed by atoms with E-state index in [4.69, 9.17) is 16.7 Å². The Morgan fingerprint density at radius 1 is 1.45 bits per heavy atom. The molecular formula is C13H15ClF3NO2. The molecule has 0 aliphatic carbocycles. The van der Waals surface area contributed by atoms with E-state index in [0.29, 0.717) is 5.56 Å². The fraction of sp³-hybridized carbons (Fsp3) is 0.462. The molecule has 0 fully saturated rings. The van der Waals surface area contributed by atoms with Crippen LogP contribution >= 0.6 is 11.6 Å². The second kappa shape index (κ2) is 6.45. The molecule has 1 atom stereocenters. The predicted octanol–water partition coefficient (Wildman–Crippen LogP) is 3.51. The Kier molecular flexibility index (Phi) is 5.42. The first-order valence-corrected chi connectivity index (χ1v) is 6.26. The van der Waals surface area contributed by atoms with Crippen molar-refractivity contribution >= 4 is 17.6 Å². The third kappa shape index (κ3) is 4.68. The molecule has 0 aliphatic heterocycles. The van der Waals surface area contributed by atoms with E-state index in [1.165, 1.54) is 13.0 Å². The van der Waals surface area contributed by atoms with E-state index in [0.717, 1.165) is 12.1 Å². The predicted molar refractivity (Wildman–Crippen MR) is 69.6 cm³/mol. The molecule has 0 bridgehead atoms. The van der Waals surface area contributed by atoms with E-state index in [9.17, 15) is 18.0 Å². The Labute approximate surface area is 120 Å². The quantitative estimate of drug-likeness (QED) is 0.905. The van der Waals surface area contributed by atoms with E-state index in [-0.39, 0.29) is 18.1 Å². The van der Waals surface area contributed by atoms with Gasteiger partial charge in [-0.2, -0.15) is 13.2 Å². The van der Waals surface area contributed by atoms with Crippen LogP contribution in [0.2, 0.25) is 5.02 Å². The van der Waals surface area contributed by atoms with Crippen molar-refractivity contribution in [3.05, 3.63) is 34.3 Å². The highest BCUT2D eigenvalue weighted by Crippen LogP contribution is 2.32. The van der Waals surface area contributed by atoms with Gasteiger partial charge in [-0.3, -0.25) is 4.79 Å². The van der Waals surface area contributed by atoms with E-state index < -0.39 is 23.6 Å². The number of benzene rings is 1. The Bertz CT molecular complexity index is 491. The highest BCUT2D eigenvalue weighted by Gasteiger charge is 2.31. The van der Waals surface area contributed by atoms with Gasteiger partial charge in [-0.25, -0.2) is 0 Å². The largest absolute Gasteiger partial charge is 0.481 e. The number of alkyl halides is 3. The summed E-state index contributed by atoms with van der Waals surface area (Å²) in [6.45, 7) is 1.91. The van der Waals surface area contributed by atoms with E-state index >= 15 is 0 Å². The zero-order chi connectivity index (χ0) is 15.5. The van der Waals surface area contributed by atoms with Gasteiger partial charge in [-0.15, -0.1) is 0 Å². The average Bonchev–Trinajstić information content (AvgIpc) is 2.30. The lowest BCUT2D eigenvalue weighted by Crippen LogP contribution is -2.28. The molecule has 0 saturated heterocycles. The summed E-state index contributed by atoms with van der Waals surface area (Å²) in [5, 5.41) is 9.03. The lowest BCUT2D eigenvalue weighted by molar-refractivity contribution is -0.141. The second-order valence-electron chi connectivity index (χ2n) is 4.74. The van der Waals surface area contributed by atoms with Crippen LogP contribution in [0, 0.1) is 5.92 Å². The molecule has 7 heteroatoms. The number of carbonyl (C=O) groups is 1. The van der Waals surface area contributed by atoms with Crippen molar-refractivity contribution in [1.82, 2.24) is 4.90 Å². The molecule has 0 spiro atoms. The van der Waals surface area contributed by atoms with Gasteiger partial charge in [0, 0.05) is 18.1 Å². The monoisotopic (exact) mass is 309 g/mol. The minimum Gasteiger partial charge on any atom is -0.481 e. The second-order valence-corrected chi connectivity index (χ2v) is 5.15. The standard InChI is InChI=1S/C13H15ClF3NO2/c1-8(12(19)20)6-18(2)7-9-5-10(13(15,16)17)3-4-11(9)14/h3-5,8H,6-7H2,1-2H3,(H,19,20). The number of hydrogen-bond acceptors (Lipinski definition) is 2. The maximum absolute atomic E-state index is 12.6. The molecule has 1 aromatic carbocycles. The average molecular weight is 310 g/mol. The molecule has 0 heterocycles. The van der Waals surface area contributed by atoms with Crippen molar-refractivity contribution in [3.63, 3.8) is 0 Å². The number of aliphatic carboxylic acids is 1. The van der Waals surface area contributed by atoms with Crippen LogP contribution in [0.5, 0.6) is 0 Å². The normalized spacial score (nSPS) is 13.6. The molecule has 0 aliphatic rings. The van der Waals surface area contributed by atoms with Crippen molar-refractivity contribution in [1.29, 1.82) is 0 Å². The molecule has 20 heavy (non-hydrogen) atoms. The SMILES string of the molecule is CC(CN(C)Cc1cc(C(F)(F)F)ccc1Cl)C(=O)O. The lowest BCUT2D eigenvalue weighted by atomic mass is 10.1. The Morgan fingerprint density at radius 3 is 2.55 bits per heavy atom. The number of carboxylic acid groups (broad SMARTS) is 1. The summed E-state index contributed by atoms with van der Waals surface area (Å²) in [4.78, 5) is 12.4. The molecule has 0 amide bonds. The van der Waals surface area contributed by atoms with Crippen molar-refractivity contribution < 1.29 is 23.1 Å². The van der Waals surface area contributed by atoms with Crippen LogP contribution in [0.3, 0.4) is 0 Å². The van der Waals surface area contributed by atoms with Gasteiger partial charge in [-0.05, 0) is 30.8 Å². The van der Waals surface area contributed by atoms with Crippen molar-refractivity contribution in [3.8, 4) is 0 Å². The molecule has 112 valence electrons. The minimum absolute atomic E-state index is 0.153. The minimum atomic E-state index is -4.42. The summed E-state index contributed by atoms with van der Waals surface area (Å²) in [5.41, 5.74) is -0.446. The van der Waals surface area contributed by atoms with E-state index in [1.54, 1.807) is 11.9 Å². The number of halogens is 4. The summed E-state index contributed by atoms with van der Waals surface area (Å²) < 4.78 is 37.9. The molecule has 1 aromatic rings. The zero-order valence-electron chi connectivity index (χ0n) is 11.0. The van der Waals surface area contributed by atoms with Gasteiger partial charge in [0.15, 0.2) is 0 Å². The molecular weight excluding hydrogens is 295 g/mol. The smallest absolute Gasteiger partial charge is 0.416 e. The Balaban J connectivity index is 2.84. The number of carboxylic acids is 1. The van der Waals surface area contributed by atoms with Crippen molar-refractivity contribution in [2.45, 2.75) is 19.6 Å². The number of nitrogens with zero attached hydrogens (tertiary/aromatic N) is 1. The van der Waals surface area contributed by atoms with E-state index in [2.05, 4.69) is 0 Å². The molecule has 0 saturated carbocycles. The Morgan fingerprint density at radius 2 is 2.05 bits per heavy atom. The summed E-state index contributed by atoms with van der Waals surface area (Å²) in [6, 6.07) is 3.12.